The summed E-state index contributed by atoms with van der Waals surface area (Å²) >= 11 is 0. The van der Waals surface area contributed by atoms with Gasteiger partial charge in [-0.15, -0.1) is 0 Å². The first-order valence-electron chi connectivity index (χ1n) is 7.74. The summed E-state index contributed by atoms with van der Waals surface area (Å²) in [6.45, 7) is 9.22. The van der Waals surface area contributed by atoms with E-state index in [-0.39, 0.29) is 0 Å². The average molecular weight is 278 g/mol. The lowest BCUT2D eigenvalue weighted by molar-refractivity contribution is 0.567. The minimum absolute atomic E-state index is 0.362. The van der Waals surface area contributed by atoms with E-state index in [9.17, 15) is 0 Å². The molecule has 6 nitrogen and oxygen atoms in total. The van der Waals surface area contributed by atoms with E-state index < -0.39 is 0 Å². The molecule has 2 heterocycles. The fraction of sp³-hybridized carbons (Fsp3) is 0.786. The van der Waals surface area contributed by atoms with Crippen molar-refractivity contribution in [3.05, 3.63) is 0 Å². The molecule has 2 N–H and O–H groups in total. The maximum Gasteiger partial charge on any atom is 0.231 e. The zero-order valence-corrected chi connectivity index (χ0v) is 12.8. The highest BCUT2D eigenvalue weighted by atomic mass is 15.3. The van der Waals surface area contributed by atoms with Crippen LogP contribution in [0.2, 0.25) is 0 Å². The fourth-order valence-corrected chi connectivity index (χ4v) is 2.22. The lowest BCUT2D eigenvalue weighted by Crippen LogP contribution is -2.32. The van der Waals surface area contributed by atoms with Crippen LogP contribution >= 0.6 is 0 Å². The van der Waals surface area contributed by atoms with E-state index in [4.69, 9.17) is 0 Å². The lowest BCUT2D eigenvalue weighted by Gasteiger charge is -2.27. The normalized spacial score (nSPS) is 16.9. The Morgan fingerprint density at radius 3 is 2.40 bits per heavy atom. The third kappa shape index (κ3) is 3.95. The van der Waals surface area contributed by atoms with E-state index in [1.807, 2.05) is 6.92 Å². The molecule has 2 rings (SSSR count). The Hall–Kier alpha value is -1.59. The van der Waals surface area contributed by atoms with Gasteiger partial charge < -0.3 is 15.5 Å². The van der Waals surface area contributed by atoms with Crippen LogP contribution in [0.5, 0.6) is 0 Å². The van der Waals surface area contributed by atoms with E-state index in [1.54, 1.807) is 0 Å². The average Bonchev–Trinajstić information content (AvgIpc) is 2.48. The predicted octanol–water partition coefficient (Wildman–Crippen LogP) is 2.50. The monoisotopic (exact) mass is 278 g/mol. The number of aromatic nitrogens is 3. The molecule has 0 aliphatic carbocycles. The Morgan fingerprint density at radius 1 is 1.05 bits per heavy atom. The van der Waals surface area contributed by atoms with Crippen LogP contribution in [0.4, 0.5) is 17.8 Å². The van der Waals surface area contributed by atoms with Gasteiger partial charge >= 0.3 is 0 Å². The second-order valence-electron chi connectivity index (χ2n) is 5.31. The summed E-state index contributed by atoms with van der Waals surface area (Å²) in [4.78, 5) is 15.8. The smallest absolute Gasteiger partial charge is 0.231 e. The van der Waals surface area contributed by atoms with Gasteiger partial charge in [0.1, 0.15) is 0 Å². The van der Waals surface area contributed by atoms with Crippen LogP contribution < -0.4 is 15.5 Å². The van der Waals surface area contributed by atoms with Gasteiger partial charge in [0.15, 0.2) is 0 Å². The first-order valence-corrected chi connectivity index (χ1v) is 7.74. The zero-order chi connectivity index (χ0) is 14.4. The van der Waals surface area contributed by atoms with Crippen molar-refractivity contribution in [2.75, 3.05) is 35.2 Å². The molecule has 0 aromatic carbocycles. The van der Waals surface area contributed by atoms with Crippen LogP contribution in [0, 0.1) is 0 Å². The van der Waals surface area contributed by atoms with Crippen molar-refractivity contribution in [2.45, 2.75) is 52.5 Å². The molecular weight excluding hydrogens is 252 g/mol. The second-order valence-corrected chi connectivity index (χ2v) is 5.31. The van der Waals surface area contributed by atoms with Crippen LogP contribution in [-0.2, 0) is 0 Å². The van der Waals surface area contributed by atoms with Crippen LogP contribution in [0.25, 0.3) is 0 Å². The van der Waals surface area contributed by atoms with Crippen molar-refractivity contribution in [1.29, 1.82) is 0 Å². The molecule has 1 aliphatic rings. The summed E-state index contributed by atoms with van der Waals surface area (Å²) in [6, 6.07) is 0.362. The Balaban J connectivity index is 2.20. The molecule has 1 unspecified atom stereocenters. The number of nitrogens with zero attached hydrogens (tertiary/aromatic N) is 4. The molecule has 1 atom stereocenters. The molecule has 1 aromatic rings. The summed E-state index contributed by atoms with van der Waals surface area (Å²) in [5, 5.41) is 6.53. The van der Waals surface area contributed by atoms with Crippen molar-refractivity contribution < 1.29 is 0 Å². The second kappa shape index (κ2) is 7.26. The largest absolute Gasteiger partial charge is 0.354 e. The van der Waals surface area contributed by atoms with Crippen molar-refractivity contribution >= 4 is 17.8 Å². The van der Waals surface area contributed by atoms with E-state index in [0.29, 0.717) is 17.9 Å². The highest BCUT2D eigenvalue weighted by Crippen LogP contribution is 2.18. The Labute approximate surface area is 121 Å². The first-order chi connectivity index (χ1) is 9.72. The van der Waals surface area contributed by atoms with Gasteiger partial charge in [-0.3, -0.25) is 0 Å². The SMILES string of the molecule is CCNc1nc(NC(C)CC)nc(N2CCCCC2)n1. The Bertz CT molecular complexity index is 416. The number of hydrogen-bond acceptors (Lipinski definition) is 6. The highest BCUT2D eigenvalue weighted by molar-refractivity contribution is 5.44. The summed E-state index contributed by atoms with van der Waals surface area (Å²) in [7, 11) is 0. The van der Waals surface area contributed by atoms with Crippen LogP contribution in [0.15, 0.2) is 0 Å². The minimum Gasteiger partial charge on any atom is -0.354 e. The number of anilines is 3. The van der Waals surface area contributed by atoms with Gasteiger partial charge in [0.2, 0.25) is 17.8 Å². The van der Waals surface area contributed by atoms with E-state index in [1.165, 1.54) is 19.3 Å². The summed E-state index contributed by atoms with van der Waals surface area (Å²) in [5.74, 6) is 2.13. The lowest BCUT2D eigenvalue weighted by atomic mass is 10.1. The van der Waals surface area contributed by atoms with Gasteiger partial charge in [0.05, 0.1) is 0 Å². The number of nitrogens with one attached hydrogen (secondary N) is 2. The number of hydrogen-bond donors (Lipinski definition) is 2. The van der Waals surface area contributed by atoms with Crippen molar-refractivity contribution in [3.63, 3.8) is 0 Å². The maximum absolute atomic E-state index is 4.58. The van der Waals surface area contributed by atoms with Gasteiger partial charge in [-0.25, -0.2) is 0 Å². The molecule has 112 valence electrons. The Morgan fingerprint density at radius 2 is 1.75 bits per heavy atom. The molecule has 0 bridgehead atoms. The molecule has 0 saturated carbocycles. The van der Waals surface area contributed by atoms with Gasteiger partial charge in [0.25, 0.3) is 0 Å². The topological polar surface area (TPSA) is 66.0 Å². The van der Waals surface area contributed by atoms with E-state index in [2.05, 4.69) is 44.3 Å². The van der Waals surface area contributed by atoms with Gasteiger partial charge in [-0.1, -0.05) is 6.92 Å². The third-order valence-corrected chi connectivity index (χ3v) is 3.59. The predicted molar refractivity (Wildman–Crippen MR) is 83.4 cm³/mol. The third-order valence-electron chi connectivity index (χ3n) is 3.59. The fourth-order valence-electron chi connectivity index (χ4n) is 2.22. The van der Waals surface area contributed by atoms with Crippen molar-refractivity contribution in [2.24, 2.45) is 0 Å². The molecule has 1 aromatic heterocycles. The Kier molecular flexibility index (Phi) is 5.38. The van der Waals surface area contributed by atoms with Gasteiger partial charge in [-0.2, -0.15) is 15.0 Å². The molecule has 0 radical (unpaired) electrons. The molecule has 20 heavy (non-hydrogen) atoms. The quantitative estimate of drug-likeness (QED) is 0.833. The molecular formula is C14H26N6. The van der Waals surface area contributed by atoms with Crippen LogP contribution in [-0.4, -0.2) is 40.6 Å². The van der Waals surface area contributed by atoms with Gasteiger partial charge in [0, 0.05) is 25.7 Å². The van der Waals surface area contributed by atoms with Crippen molar-refractivity contribution in [1.82, 2.24) is 15.0 Å². The molecule has 6 heteroatoms. The summed E-state index contributed by atoms with van der Waals surface area (Å²) in [5.41, 5.74) is 0. The minimum atomic E-state index is 0.362. The number of rotatable bonds is 6. The van der Waals surface area contributed by atoms with Crippen LogP contribution in [0.3, 0.4) is 0 Å². The maximum atomic E-state index is 4.58. The standard InChI is InChI=1S/C14H26N6/c1-4-11(3)16-13-17-12(15-5-2)18-14(19-13)20-9-7-6-8-10-20/h11H,4-10H2,1-3H3,(H2,15,16,17,18,19). The first kappa shape index (κ1) is 14.8. The van der Waals surface area contributed by atoms with Gasteiger partial charge in [-0.05, 0) is 39.5 Å². The summed E-state index contributed by atoms with van der Waals surface area (Å²) in [6.07, 6.45) is 4.79. The molecule has 0 amide bonds. The molecule has 1 saturated heterocycles. The highest BCUT2D eigenvalue weighted by Gasteiger charge is 2.16. The van der Waals surface area contributed by atoms with E-state index in [0.717, 1.165) is 32.0 Å². The van der Waals surface area contributed by atoms with Crippen molar-refractivity contribution in [3.8, 4) is 0 Å². The van der Waals surface area contributed by atoms with Crippen LogP contribution in [0.1, 0.15) is 46.5 Å². The number of piperidine rings is 1. The molecule has 1 fully saturated rings. The summed E-state index contributed by atoms with van der Waals surface area (Å²) < 4.78 is 0. The molecule has 0 spiro atoms. The van der Waals surface area contributed by atoms with E-state index >= 15 is 0 Å². The molecule has 1 aliphatic heterocycles. The zero-order valence-electron chi connectivity index (χ0n) is 12.8.